The Morgan fingerprint density at radius 2 is 1.89 bits per heavy atom. The van der Waals surface area contributed by atoms with Gasteiger partial charge in [-0.15, -0.1) is 0 Å². The molecule has 0 aromatic heterocycles. The summed E-state index contributed by atoms with van der Waals surface area (Å²) < 4.78 is 0. The first-order valence-corrected chi connectivity index (χ1v) is 14.6. The van der Waals surface area contributed by atoms with Crippen LogP contribution in [-0.2, 0) is 4.79 Å². The molecule has 38 heavy (non-hydrogen) atoms. The predicted octanol–water partition coefficient (Wildman–Crippen LogP) is 6.32. The molecule has 1 saturated heterocycles. The predicted molar refractivity (Wildman–Crippen MR) is 151 cm³/mol. The van der Waals surface area contributed by atoms with Gasteiger partial charge < -0.3 is 10.0 Å². The van der Waals surface area contributed by atoms with Crippen LogP contribution in [0.25, 0.3) is 0 Å². The van der Waals surface area contributed by atoms with Crippen molar-refractivity contribution in [1.29, 1.82) is 0 Å². The molecule has 2 saturated carbocycles. The Labute approximate surface area is 226 Å². The zero-order chi connectivity index (χ0) is 26.5. The van der Waals surface area contributed by atoms with Crippen LogP contribution < -0.4 is 4.90 Å². The van der Waals surface area contributed by atoms with E-state index in [0.29, 0.717) is 11.8 Å². The van der Waals surface area contributed by atoms with Crippen LogP contribution in [0.15, 0.2) is 52.2 Å². The number of Topliss-reactive ketones (excluding diaryl/α,β-unsaturated/α-hetero) is 1. The third-order valence-corrected chi connectivity index (χ3v) is 10.9. The topological polar surface area (TPSA) is 70.0 Å². The lowest BCUT2D eigenvalue weighted by Gasteiger charge is -2.54. The van der Waals surface area contributed by atoms with Crippen molar-refractivity contribution < 1.29 is 9.90 Å². The van der Waals surface area contributed by atoms with E-state index < -0.39 is 5.41 Å². The van der Waals surface area contributed by atoms with E-state index >= 15 is 0 Å². The van der Waals surface area contributed by atoms with E-state index in [-0.39, 0.29) is 29.8 Å². The smallest absolute Gasteiger partial charge is 0.148 e. The lowest BCUT2D eigenvalue weighted by atomic mass is 9.48. The number of rotatable bonds is 4. The van der Waals surface area contributed by atoms with Gasteiger partial charge in [-0.2, -0.15) is 4.91 Å². The number of anilines is 1. The van der Waals surface area contributed by atoms with Gasteiger partial charge in [-0.05, 0) is 111 Å². The van der Waals surface area contributed by atoms with Crippen molar-refractivity contribution in [3.8, 4) is 11.8 Å². The summed E-state index contributed by atoms with van der Waals surface area (Å²) in [6.45, 7) is 6.08. The number of allylic oxidation sites excluding steroid dienone is 3. The second-order valence-corrected chi connectivity index (χ2v) is 12.5. The maximum Gasteiger partial charge on any atom is 0.148 e. The number of ketones is 1. The van der Waals surface area contributed by atoms with Crippen LogP contribution in [0.2, 0.25) is 0 Å². The first kappa shape index (κ1) is 25.6. The number of benzene rings is 1. The molecule has 200 valence electrons. The zero-order valence-electron chi connectivity index (χ0n) is 22.8. The summed E-state index contributed by atoms with van der Waals surface area (Å²) in [6, 6.07) is 9.03. The number of hydrogen-bond donors (Lipinski definition) is 1. The van der Waals surface area contributed by atoms with Crippen LogP contribution in [0.4, 0.5) is 5.69 Å². The van der Waals surface area contributed by atoms with E-state index in [1.165, 1.54) is 35.2 Å². The van der Waals surface area contributed by atoms with Gasteiger partial charge in [-0.25, -0.2) is 0 Å². The van der Waals surface area contributed by atoms with Gasteiger partial charge in [0.1, 0.15) is 18.4 Å². The molecule has 1 aliphatic heterocycles. The van der Waals surface area contributed by atoms with Crippen LogP contribution in [0.3, 0.4) is 0 Å². The second-order valence-electron chi connectivity index (χ2n) is 12.5. The summed E-state index contributed by atoms with van der Waals surface area (Å²) in [5, 5.41) is 12.9. The fraction of sp³-hybridized carbons (Fsp3) is 0.606. The van der Waals surface area contributed by atoms with E-state index in [2.05, 4.69) is 59.2 Å². The highest BCUT2D eigenvalue weighted by Gasteiger charge is 2.64. The monoisotopic (exact) mass is 512 g/mol. The van der Waals surface area contributed by atoms with Gasteiger partial charge in [0.25, 0.3) is 0 Å². The van der Waals surface area contributed by atoms with Crippen LogP contribution >= 0.6 is 0 Å². The molecule has 2 unspecified atom stereocenters. The summed E-state index contributed by atoms with van der Waals surface area (Å²) in [5.41, 5.74) is 6.05. The lowest BCUT2D eigenvalue weighted by Crippen LogP contribution is -2.50. The summed E-state index contributed by atoms with van der Waals surface area (Å²) >= 11 is 0. The Morgan fingerprint density at radius 3 is 2.58 bits per heavy atom. The summed E-state index contributed by atoms with van der Waals surface area (Å²) in [5.74, 6) is 7.43. The average Bonchev–Trinajstić information content (AvgIpc) is 3.58. The number of carbonyl (C=O) groups excluding carboxylic acids is 1. The van der Waals surface area contributed by atoms with Crippen LogP contribution in [0.1, 0.15) is 83.1 Å². The van der Waals surface area contributed by atoms with Crippen molar-refractivity contribution >= 4 is 11.5 Å². The molecule has 4 aliphatic carbocycles. The molecule has 0 spiro atoms. The van der Waals surface area contributed by atoms with E-state index in [1.807, 2.05) is 0 Å². The standard InChI is InChI=1S/C33H40N2O3/c1-22(37)33(15-5-19-36)16-14-30-28-12-8-24-20-25(34-38)9-13-27(24)31(28)29(21-32(30,33)2)23-6-10-26(11-7-23)35-17-3-4-18-35/h6-7,10-11,20,25,28-30,36H,3-4,8-9,12-14,16-19,21H2,1-2H3/t25?,28-,29?,30-,32-,33+/m0/s1. The molecule has 0 radical (unpaired) electrons. The van der Waals surface area contributed by atoms with Gasteiger partial charge in [-0.3, -0.25) is 4.79 Å². The minimum Gasteiger partial charge on any atom is -0.384 e. The molecule has 5 heteroatoms. The van der Waals surface area contributed by atoms with Gasteiger partial charge in [0.05, 0.1) is 5.41 Å². The van der Waals surface area contributed by atoms with Crippen LogP contribution in [0, 0.1) is 39.4 Å². The SMILES string of the molecule is CC(=O)[C@@]1(C#CCO)CC[C@H]2[C@@H]3CCC4=CC(N=O)CCC4=C3C(c3ccc(N4CCCC4)cc3)C[C@@]21C. The van der Waals surface area contributed by atoms with Gasteiger partial charge in [0.15, 0.2) is 0 Å². The van der Waals surface area contributed by atoms with Crippen molar-refractivity contribution in [3.05, 3.63) is 57.5 Å². The fourth-order valence-electron chi connectivity index (χ4n) is 9.14. The number of hydrogen-bond acceptors (Lipinski definition) is 5. The first-order chi connectivity index (χ1) is 18.4. The fourth-order valence-corrected chi connectivity index (χ4v) is 9.14. The minimum atomic E-state index is -0.709. The third kappa shape index (κ3) is 3.82. The first-order valence-electron chi connectivity index (χ1n) is 14.6. The Bertz CT molecular complexity index is 1250. The maximum absolute atomic E-state index is 13.4. The zero-order valence-corrected chi connectivity index (χ0v) is 22.8. The van der Waals surface area contributed by atoms with Crippen LogP contribution in [-0.4, -0.2) is 36.6 Å². The van der Waals surface area contributed by atoms with E-state index in [9.17, 15) is 14.8 Å². The van der Waals surface area contributed by atoms with Gasteiger partial charge >= 0.3 is 0 Å². The van der Waals surface area contributed by atoms with Gasteiger partial charge in [0.2, 0.25) is 0 Å². The number of carbonyl (C=O) groups is 1. The highest BCUT2D eigenvalue weighted by Crippen LogP contribution is 2.69. The van der Waals surface area contributed by atoms with E-state index in [1.54, 1.807) is 12.5 Å². The summed E-state index contributed by atoms with van der Waals surface area (Å²) in [6.07, 6.45) is 11.1. The second kappa shape index (κ2) is 9.79. The van der Waals surface area contributed by atoms with Crippen molar-refractivity contribution in [2.45, 2.75) is 83.6 Å². The average molecular weight is 513 g/mol. The van der Waals surface area contributed by atoms with Crippen molar-refractivity contribution in [2.75, 3.05) is 24.6 Å². The molecule has 0 amide bonds. The number of aliphatic hydroxyl groups is 1. The molecule has 0 bridgehead atoms. The molecule has 1 aromatic carbocycles. The Hall–Kier alpha value is -2.71. The van der Waals surface area contributed by atoms with E-state index in [0.717, 1.165) is 58.0 Å². The molecule has 1 aromatic rings. The van der Waals surface area contributed by atoms with Crippen LogP contribution in [0.5, 0.6) is 0 Å². The highest BCUT2D eigenvalue weighted by atomic mass is 16.3. The highest BCUT2D eigenvalue weighted by molar-refractivity contribution is 5.87. The van der Waals surface area contributed by atoms with Crippen molar-refractivity contribution in [1.82, 2.24) is 0 Å². The van der Waals surface area contributed by atoms with Crippen molar-refractivity contribution in [3.63, 3.8) is 0 Å². The largest absolute Gasteiger partial charge is 0.384 e. The van der Waals surface area contributed by atoms with Gasteiger partial charge in [0, 0.05) is 24.7 Å². The van der Waals surface area contributed by atoms with Gasteiger partial charge in [-0.1, -0.05) is 47.7 Å². The van der Waals surface area contributed by atoms with Crippen molar-refractivity contribution in [2.24, 2.45) is 27.8 Å². The number of aliphatic hydroxyl groups excluding tert-OH is 1. The Balaban J connectivity index is 1.48. The molecular weight excluding hydrogens is 472 g/mol. The molecule has 3 fully saturated rings. The molecule has 6 atom stereocenters. The quantitative estimate of drug-likeness (QED) is 0.378. The third-order valence-electron chi connectivity index (χ3n) is 10.9. The normalized spacial score (nSPS) is 36.0. The molecule has 1 N–H and O–H groups in total. The Kier molecular flexibility index (Phi) is 6.59. The number of nitrogens with zero attached hydrogens (tertiary/aromatic N) is 2. The molecule has 5 aliphatic rings. The lowest BCUT2D eigenvalue weighted by molar-refractivity contribution is -0.130. The summed E-state index contributed by atoms with van der Waals surface area (Å²) in [7, 11) is 0. The van der Waals surface area contributed by atoms with E-state index in [4.69, 9.17) is 0 Å². The number of fused-ring (bicyclic) bond motifs is 4. The molecule has 1 heterocycles. The molecule has 6 rings (SSSR count). The number of nitroso groups, excluding NO2 is 1. The summed E-state index contributed by atoms with van der Waals surface area (Å²) in [4.78, 5) is 27.2. The maximum atomic E-state index is 13.4. The minimum absolute atomic E-state index is 0.150. The molecular formula is C33H40N2O3. The molecule has 5 nitrogen and oxygen atoms in total. The Morgan fingerprint density at radius 1 is 1.13 bits per heavy atom.